The molecule has 0 aliphatic heterocycles. The van der Waals surface area contributed by atoms with Crippen LogP contribution in [0.25, 0.3) is 241 Å². The first-order valence-corrected chi connectivity index (χ1v) is 41.5. The Bertz CT molecular complexity index is 8790. The molecule has 0 fully saturated rings. The van der Waals surface area contributed by atoms with Gasteiger partial charge in [-0.05, 0) is 252 Å². The summed E-state index contributed by atoms with van der Waals surface area (Å²) in [6.07, 6.45) is 0. The van der Waals surface area contributed by atoms with Crippen LogP contribution in [0.1, 0.15) is 0 Å². The first-order chi connectivity index (χ1) is 59.5. The summed E-state index contributed by atoms with van der Waals surface area (Å²) in [6.45, 7) is 0. The van der Waals surface area contributed by atoms with Crippen molar-refractivity contribution in [2.75, 3.05) is 0 Å². The second-order valence-corrected chi connectivity index (χ2v) is 32.1. The van der Waals surface area contributed by atoms with Crippen LogP contribution in [-0.2, 0) is 0 Å². The quantitative estimate of drug-likeness (QED) is 0.135. The van der Waals surface area contributed by atoms with Gasteiger partial charge in [0.2, 0.25) is 0 Å². The number of hydrogen-bond acceptors (Lipinski definition) is 0. The van der Waals surface area contributed by atoms with Crippen LogP contribution >= 0.6 is 0 Å². The summed E-state index contributed by atoms with van der Waals surface area (Å²) < 4.78 is 9.69. The van der Waals surface area contributed by atoms with E-state index in [9.17, 15) is 0 Å². The van der Waals surface area contributed by atoms with E-state index in [1.165, 1.54) is 229 Å². The summed E-state index contributed by atoms with van der Waals surface area (Å²) >= 11 is 0. The predicted molar refractivity (Wildman–Crippen MR) is 512 cm³/mol. The molecule has 0 atom stereocenters. The lowest BCUT2D eigenvalue weighted by Crippen LogP contribution is -1.95. The SMILES string of the molecule is c1ccc(-n2c3ccccc3c3ccc(-c4ccc5c(c4)c4ccccc4n5-c4cccc(-c5cc6c7ccccc7c7ccccc7c6c6c5ccc5ccccc56)c4)cc32)cc1.c1ccc(-n2c3ccccc3c3ccc(-c4ccc5c(c4)c4ccccc4n5-c4cccc(-c5cc6c7ccccc7ccc6c6ccccc56)c4)cc32)cc1. The summed E-state index contributed by atoms with van der Waals surface area (Å²) in [5.74, 6) is 0. The molecule has 0 saturated carbocycles. The van der Waals surface area contributed by atoms with Crippen molar-refractivity contribution < 1.29 is 0 Å². The fraction of sp³-hybridized carbons (Fsp3) is 0. The minimum atomic E-state index is 1.14. The second kappa shape index (κ2) is 26.9. The average Bonchev–Trinajstić information content (AvgIpc) is 1.15. The van der Waals surface area contributed by atoms with Crippen molar-refractivity contribution in [1.82, 2.24) is 18.3 Å². The Morgan fingerprint density at radius 3 is 0.925 bits per heavy atom. The lowest BCUT2D eigenvalue weighted by Gasteiger charge is -2.18. The normalized spacial score (nSPS) is 12.0. The van der Waals surface area contributed by atoms with E-state index in [0.717, 1.165) is 11.4 Å². The second-order valence-electron chi connectivity index (χ2n) is 32.1. The number of nitrogens with zero attached hydrogens (tertiary/aromatic N) is 4. The van der Waals surface area contributed by atoms with Gasteiger partial charge in [-0.25, -0.2) is 0 Å². The van der Waals surface area contributed by atoms with Crippen molar-refractivity contribution >= 4 is 173 Å². The van der Waals surface area contributed by atoms with E-state index < -0.39 is 0 Å². The Balaban J connectivity index is 0.000000134. The molecule has 4 heteroatoms. The number of benzene rings is 22. The smallest absolute Gasteiger partial charge is 0.0547 e. The molecule has 120 heavy (non-hydrogen) atoms. The Morgan fingerprint density at radius 1 is 0.117 bits per heavy atom. The molecule has 0 unspecified atom stereocenters. The molecule has 0 aliphatic rings. The molecule has 0 aliphatic carbocycles. The van der Waals surface area contributed by atoms with Crippen molar-refractivity contribution in [1.29, 1.82) is 0 Å². The van der Waals surface area contributed by atoms with E-state index in [2.05, 4.69) is 455 Å². The van der Waals surface area contributed by atoms with Gasteiger partial charge in [-0.15, -0.1) is 0 Å². The number of aromatic nitrogens is 4. The van der Waals surface area contributed by atoms with Crippen LogP contribution in [0, 0.1) is 0 Å². The van der Waals surface area contributed by atoms with Crippen LogP contribution in [0.3, 0.4) is 0 Å². The first kappa shape index (κ1) is 67.5. The van der Waals surface area contributed by atoms with Gasteiger partial charge in [0, 0.05) is 65.8 Å². The molecule has 0 spiro atoms. The number of fused-ring (bicyclic) bond motifs is 27. The highest BCUT2D eigenvalue weighted by molar-refractivity contribution is 6.37. The highest BCUT2D eigenvalue weighted by Gasteiger charge is 2.23. The third-order valence-corrected chi connectivity index (χ3v) is 25.7. The zero-order valence-corrected chi connectivity index (χ0v) is 65.4. The largest absolute Gasteiger partial charge is 0.309 e. The van der Waals surface area contributed by atoms with Gasteiger partial charge in [-0.3, -0.25) is 0 Å². The number of hydrogen-bond donors (Lipinski definition) is 0. The van der Waals surface area contributed by atoms with Crippen molar-refractivity contribution in [2.45, 2.75) is 0 Å². The van der Waals surface area contributed by atoms with E-state index in [1.54, 1.807) is 0 Å². The van der Waals surface area contributed by atoms with Gasteiger partial charge in [0.05, 0.1) is 44.1 Å². The summed E-state index contributed by atoms with van der Waals surface area (Å²) in [5, 5.41) is 30.6. The molecular weight excluding hydrogens is 1450 g/mol. The summed E-state index contributed by atoms with van der Waals surface area (Å²) in [6, 6.07) is 161. The van der Waals surface area contributed by atoms with Gasteiger partial charge in [0.25, 0.3) is 0 Å². The van der Waals surface area contributed by atoms with Gasteiger partial charge < -0.3 is 18.3 Å². The maximum Gasteiger partial charge on any atom is 0.0547 e. The van der Waals surface area contributed by atoms with Crippen LogP contribution in [0.2, 0.25) is 0 Å². The van der Waals surface area contributed by atoms with E-state index in [1.807, 2.05) is 0 Å². The van der Waals surface area contributed by atoms with Gasteiger partial charge in [-0.1, -0.05) is 315 Å². The Hall–Kier alpha value is -15.9. The molecule has 0 N–H and O–H groups in total. The molecule has 26 rings (SSSR count). The van der Waals surface area contributed by atoms with Gasteiger partial charge >= 0.3 is 0 Å². The van der Waals surface area contributed by atoms with E-state index in [4.69, 9.17) is 0 Å². The first-order valence-electron chi connectivity index (χ1n) is 41.5. The number of rotatable bonds is 8. The van der Waals surface area contributed by atoms with E-state index in [0.29, 0.717) is 0 Å². The van der Waals surface area contributed by atoms with Crippen LogP contribution in [0.4, 0.5) is 0 Å². The lowest BCUT2D eigenvalue weighted by molar-refractivity contribution is 1.18. The molecule has 4 heterocycles. The predicted octanol–water partition coefficient (Wildman–Crippen LogP) is 31.7. The van der Waals surface area contributed by atoms with Crippen LogP contribution in [0.5, 0.6) is 0 Å². The van der Waals surface area contributed by atoms with E-state index in [-0.39, 0.29) is 0 Å². The molecule has 0 bridgehead atoms. The molecule has 0 amide bonds. The third-order valence-electron chi connectivity index (χ3n) is 25.7. The zero-order chi connectivity index (χ0) is 78.6. The van der Waals surface area contributed by atoms with Crippen LogP contribution in [0.15, 0.2) is 437 Å². The highest BCUT2D eigenvalue weighted by atomic mass is 15.0. The molecular formula is C116H72N4. The minimum Gasteiger partial charge on any atom is -0.309 e. The summed E-state index contributed by atoms with van der Waals surface area (Å²) in [4.78, 5) is 0. The van der Waals surface area contributed by atoms with Crippen molar-refractivity contribution in [3.8, 4) is 67.3 Å². The van der Waals surface area contributed by atoms with E-state index >= 15 is 0 Å². The van der Waals surface area contributed by atoms with Crippen LogP contribution in [-0.4, -0.2) is 18.3 Å². The topological polar surface area (TPSA) is 19.7 Å². The molecule has 556 valence electrons. The molecule has 4 aromatic heterocycles. The summed E-state index contributed by atoms with van der Waals surface area (Å²) in [7, 11) is 0. The van der Waals surface area contributed by atoms with Gasteiger partial charge in [0.15, 0.2) is 0 Å². The Kier molecular flexibility index (Phi) is 15.1. The maximum atomic E-state index is 2.46. The molecule has 0 saturated heterocycles. The molecule has 0 radical (unpaired) electrons. The maximum absolute atomic E-state index is 2.46. The average molecular weight is 1520 g/mol. The van der Waals surface area contributed by atoms with Crippen LogP contribution < -0.4 is 0 Å². The van der Waals surface area contributed by atoms with Crippen molar-refractivity contribution in [2.24, 2.45) is 0 Å². The lowest BCUT2D eigenvalue weighted by atomic mass is 9.85. The zero-order valence-electron chi connectivity index (χ0n) is 65.4. The standard InChI is InChI=1S/C62H38N2.C54H34N2/c1-2-17-43(18-3-1)63-57-27-12-10-24-49(57)51-32-30-41(37-60(51)63)40-31-34-59-55(36-40)50-25-11-13-28-58(50)64(59)44-19-14-16-42(35-44)54-38-56-48-23-7-6-21-46(48)47-22-8-9-26-52(47)62(56)61-45-20-5-4-15-39(45)29-33-53(54)61;1-2-15-39(16-3-1)55-51-23-10-8-21-45(51)47-29-26-37(33-54(47)55)36-27-30-53-50(32-36)46-22-9-11-24-52(46)56(53)40-17-12-14-38(31-40)48-34-49-41-18-5-4-13-35(41)25-28-44(49)42-19-6-7-20-43(42)48/h1-38H;1-34H. The monoisotopic (exact) mass is 1520 g/mol. The molecule has 4 nitrogen and oxygen atoms in total. The van der Waals surface area contributed by atoms with Crippen molar-refractivity contribution in [3.05, 3.63) is 437 Å². The van der Waals surface area contributed by atoms with Crippen molar-refractivity contribution in [3.63, 3.8) is 0 Å². The Morgan fingerprint density at radius 2 is 0.417 bits per heavy atom. The highest BCUT2D eigenvalue weighted by Crippen LogP contribution is 2.49. The Labute approximate surface area is 691 Å². The third kappa shape index (κ3) is 10.4. The summed E-state index contributed by atoms with van der Waals surface area (Å²) in [5.41, 5.74) is 23.9. The minimum absolute atomic E-state index is 1.14. The fourth-order valence-electron chi connectivity index (χ4n) is 20.4. The number of para-hydroxylation sites is 6. The van der Waals surface area contributed by atoms with Gasteiger partial charge in [-0.2, -0.15) is 0 Å². The molecule has 22 aromatic carbocycles. The fourth-order valence-corrected chi connectivity index (χ4v) is 20.4. The molecule has 26 aromatic rings. The van der Waals surface area contributed by atoms with Gasteiger partial charge in [0.1, 0.15) is 0 Å².